The monoisotopic (exact) mass is 283 g/mol. The minimum absolute atomic E-state index is 0.139. The molecule has 1 aliphatic rings. The van der Waals surface area contributed by atoms with Gasteiger partial charge in [0.2, 0.25) is 0 Å². The van der Waals surface area contributed by atoms with Gasteiger partial charge in [-0.3, -0.25) is 4.79 Å². The van der Waals surface area contributed by atoms with Gasteiger partial charge in [0, 0.05) is 11.9 Å². The topological polar surface area (TPSA) is 88.2 Å². The van der Waals surface area contributed by atoms with Gasteiger partial charge in [-0.05, 0) is 32.1 Å². The Labute approximate surface area is 117 Å². The lowest BCUT2D eigenvalue weighted by Crippen LogP contribution is -2.33. The number of carbonyl (C=O) groups excluding carboxylic acids is 1. The summed E-state index contributed by atoms with van der Waals surface area (Å²) < 4.78 is 0. The van der Waals surface area contributed by atoms with Crippen molar-refractivity contribution >= 4 is 17.2 Å². The van der Waals surface area contributed by atoms with Crippen LogP contribution >= 0.6 is 11.3 Å². The Morgan fingerprint density at radius 2 is 2.47 bits per heavy atom. The summed E-state index contributed by atoms with van der Waals surface area (Å²) in [5, 5.41) is 15.0. The first-order chi connectivity index (χ1) is 9.06. The van der Waals surface area contributed by atoms with Gasteiger partial charge in [-0.25, -0.2) is 4.98 Å². The fourth-order valence-electron chi connectivity index (χ4n) is 2.38. The fraction of sp³-hybridized carbons (Fsp3) is 0.692. The number of aliphatic hydroxyl groups is 1. The molecule has 1 aromatic heterocycles. The van der Waals surface area contributed by atoms with Gasteiger partial charge in [-0.1, -0.05) is 6.42 Å². The molecule has 0 bridgehead atoms. The molecule has 6 heteroatoms. The zero-order valence-corrected chi connectivity index (χ0v) is 11.9. The second kappa shape index (κ2) is 6.45. The van der Waals surface area contributed by atoms with E-state index in [0.717, 1.165) is 30.7 Å². The highest BCUT2D eigenvalue weighted by molar-refractivity contribution is 7.09. The molecule has 0 radical (unpaired) electrons. The minimum atomic E-state index is -0.209. The van der Waals surface area contributed by atoms with Crippen molar-refractivity contribution in [2.75, 3.05) is 6.54 Å². The normalized spacial score (nSPS) is 25.0. The van der Waals surface area contributed by atoms with Gasteiger partial charge >= 0.3 is 0 Å². The average molecular weight is 283 g/mol. The summed E-state index contributed by atoms with van der Waals surface area (Å²) in [6, 6.07) is -0.139. The number of aromatic nitrogens is 1. The van der Waals surface area contributed by atoms with Gasteiger partial charge in [0.1, 0.15) is 10.7 Å². The van der Waals surface area contributed by atoms with Crippen molar-refractivity contribution in [1.29, 1.82) is 0 Å². The third kappa shape index (κ3) is 3.99. The predicted octanol–water partition coefficient (Wildman–Crippen LogP) is 1.44. The van der Waals surface area contributed by atoms with E-state index in [1.165, 1.54) is 11.3 Å². The molecule has 0 spiro atoms. The maximum Gasteiger partial charge on any atom is 0.270 e. The van der Waals surface area contributed by atoms with E-state index in [1.54, 1.807) is 5.38 Å². The number of nitrogens with one attached hydrogen (secondary N) is 1. The van der Waals surface area contributed by atoms with Crippen molar-refractivity contribution in [3.63, 3.8) is 0 Å². The van der Waals surface area contributed by atoms with Crippen molar-refractivity contribution < 1.29 is 9.90 Å². The quantitative estimate of drug-likeness (QED) is 0.780. The summed E-state index contributed by atoms with van der Waals surface area (Å²) in [4.78, 5) is 16.2. The van der Waals surface area contributed by atoms with Crippen LogP contribution in [0.1, 0.15) is 54.1 Å². The Balaban J connectivity index is 1.83. The lowest BCUT2D eigenvalue weighted by atomic mass is 9.87. The summed E-state index contributed by atoms with van der Waals surface area (Å²) in [6.07, 6.45) is 3.56. The van der Waals surface area contributed by atoms with Gasteiger partial charge in [0.25, 0.3) is 5.91 Å². The lowest BCUT2D eigenvalue weighted by molar-refractivity contribution is 0.0870. The molecule has 1 aromatic rings. The van der Waals surface area contributed by atoms with Crippen molar-refractivity contribution in [3.8, 4) is 0 Å². The van der Waals surface area contributed by atoms with Gasteiger partial charge in [-0.2, -0.15) is 0 Å². The van der Waals surface area contributed by atoms with E-state index in [9.17, 15) is 9.90 Å². The molecule has 3 atom stereocenters. The zero-order valence-electron chi connectivity index (χ0n) is 11.1. The molecule has 0 aromatic carbocycles. The second-order valence-electron chi connectivity index (χ2n) is 5.26. The van der Waals surface area contributed by atoms with E-state index < -0.39 is 0 Å². The van der Waals surface area contributed by atoms with E-state index in [-0.39, 0.29) is 18.1 Å². The first-order valence-corrected chi connectivity index (χ1v) is 7.61. The number of rotatable bonds is 4. The highest BCUT2D eigenvalue weighted by atomic mass is 32.1. The van der Waals surface area contributed by atoms with Crippen LogP contribution in [0.25, 0.3) is 0 Å². The number of hydrogen-bond donors (Lipinski definition) is 3. The van der Waals surface area contributed by atoms with Gasteiger partial charge in [-0.15, -0.1) is 11.3 Å². The Morgan fingerprint density at radius 3 is 3.11 bits per heavy atom. The number of amides is 1. The molecule has 1 amide bonds. The first kappa shape index (κ1) is 14.4. The van der Waals surface area contributed by atoms with Crippen molar-refractivity contribution in [1.82, 2.24) is 10.3 Å². The molecule has 0 saturated heterocycles. The largest absolute Gasteiger partial charge is 0.393 e. The molecule has 1 fully saturated rings. The molecule has 4 N–H and O–H groups in total. The molecule has 5 nitrogen and oxygen atoms in total. The lowest BCUT2D eigenvalue weighted by Gasteiger charge is -2.25. The maximum absolute atomic E-state index is 11.9. The van der Waals surface area contributed by atoms with E-state index in [1.807, 2.05) is 6.92 Å². The van der Waals surface area contributed by atoms with Crippen LogP contribution in [0.15, 0.2) is 5.38 Å². The maximum atomic E-state index is 11.9. The standard InChI is InChI=1S/C13H21N3O2S/c1-8(14)13-16-11(7-19-13)12(18)15-6-9-3-2-4-10(17)5-9/h7-10,17H,2-6,14H2,1H3,(H,15,18). The Bertz CT molecular complexity index is 433. The number of thiazole rings is 1. The molecule has 3 unspecified atom stereocenters. The van der Waals surface area contributed by atoms with Crippen molar-refractivity contribution in [2.24, 2.45) is 11.7 Å². The zero-order chi connectivity index (χ0) is 13.8. The van der Waals surface area contributed by atoms with E-state index in [0.29, 0.717) is 18.2 Å². The first-order valence-electron chi connectivity index (χ1n) is 6.73. The van der Waals surface area contributed by atoms with E-state index in [4.69, 9.17) is 5.73 Å². The van der Waals surface area contributed by atoms with Crippen LogP contribution < -0.4 is 11.1 Å². The van der Waals surface area contributed by atoms with Crippen LogP contribution in [0.3, 0.4) is 0 Å². The summed E-state index contributed by atoms with van der Waals surface area (Å²) in [7, 11) is 0. The molecule has 2 rings (SSSR count). The molecule has 106 valence electrons. The molecular formula is C13H21N3O2S. The van der Waals surface area contributed by atoms with E-state index >= 15 is 0 Å². The van der Waals surface area contributed by atoms with Crippen LogP contribution in [0.4, 0.5) is 0 Å². The van der Waals surface area contributed by atoms with E-state index in [2.05, 4.69) is 10.3 Å². The summed E-state index contributed by atoms with van der Waals surface area (Å²) in [6.45, 7) is 2.46. The van der Waals surface area contributed by atoms with Crippen LogP contribution in [0.2, 0.25) is 0 Å². The van der Waals surface area contributed by atoms with Gasteiger partial charge in [0.15, 0.2) is 0 Å². The number of nitrogens with zero attached hydrogens (tertiary/aromatic N) is 1. The predicted molar refractivity (Wildman–Crippen MR) is 75.0 cm³/mol. The third-order valence-corrected chi connectivity index (χ3v) is 4.50. The molecule has 19 heavy (non-hydrogen) atoms. The summed E-state index contributed by atoms with van der Waals surface area (Å²) >= 11 is 1.41. The number of hydrogen-bond acceptors (Lipinski definition) is 5. The SMILES string of the molecule is CC(N)c1nc(C(=O)NCC2CCCC(O)C2)cs1. The Morgan fingerprint density at radius 1 is 1.68 bits per heavy atom. The molecule has 1 saturated carbocycles. The van der Waals surface area contributed by atoms with Crippen LogP contribution in [-0.4, -0.2) is 28.6 Å². The Kier molecular flexibility index (Phi) is 4.90. The number of carbonyl (C=O) groups is 1. The molecule has 1 aliphatic carbocycles. The minimum Gasteiger partial charge on any atom is -0.393 e. The Hall–Kier alpha value is -0.980. The van der Waals surface area contributed by atoms with Crippen LogP contribution in [0.5, 0.6) is 0 Å². The fourth-order valence-corrected chi connectivity index (χ4v) is 3.13. The highest BCUT2D eigenvalue weighted by Gasteiger charge is 2.21. The smallest absolute Gasteiger partial charge is 0.270 e. The summed E-state index contributed by atoms with van der Waals surface area (Å²) in [5.74, 6) is 0.224. The molecular weight excluding hydrogens is 262 g/mol. The van der Waals surface area contributed by atoms with Crippen LogP contribution in [-0.2, 0) is 0 Å². The summed E-state index contributed by atoms with van der Waals surface area (Å²) in [5.41, 5.74) is 6.16. The molecule has 0 aliphatic heterocycles. The van der Waals surface area contributed by atoms with Gasteiger partial charge < -0.3 is 16.2 Å². The molecule has 1 heterocycles. The van der Waals surface area contributed by atoms with Crippen molar-refractivity contribution in [3.05, 3.63) is 16.1 Å². The average Bonchev–Trinajstić information content (AvgIpc) is 2.86. The van der Waals surface area contributed by atoms with Gasteiger partial charge in [0.05, 0.1) is 12.1 Å². The van der Waals surface area contributed by atoms with Crippen LogP contribution in [0, 0.1) is 5.92 Å². The number of nitrogens with two attached hydrogens (primary N) is 1. The van der Waals surface area contributed by atoms with Crippen molar-refractivity contribution in [2.45, 2.75) is 44.8 Å². The second-order valence-corrected chi connectivity index (χ2v) is 6.15. The number of aliphatic hydroxyl groups excluding tert-OH is 1. The third-order valence-electron chi connectivity index (χ3n) is 3.45. The highest BCUT2D eigenvalue weighted by Crippen LogP contribution is 2.23.